The van der Waals surface area contributed by atoms with Crippen LogP contribution in [0.15, 0.2) is 8.63 Å². The van der Waals surface area contributed by atoms with Gasteiger partial charge in [0.15, 0.2) is 5.13 Å². The lowest BCUT2D eigenvalue weighted by Crippen LogP contribution is -2.14. The van der Waals surface area contributed by atoms with Gasteiger partial charge in [-0.2, -0.15) is 0 Å². The predicted molar refractivity (Wildman–Crippen MR) is 76.9 cm³/mol. The van der Waals surface area contributed by atoms with Crippen LogP contribution in [0.25, 0.3) is 0 Å². The summed E-state index contributed by atoms with van der Waals surface area (Å²) in [5.41, 5.74) is 6.45. The van der Waals surface area contributed by atoms with Gasteiger partial charge in [-0.25, -0.2) is 4.98 Å². The van der Waals surface area contributed by atoms with Crippen molar-refractivity contribution in [1.29, 1.82) is 0 Å². The maximum Gasteiger partial charge on any atom is 0.322 e. The van der Waals surface area contributed by atoms with Crippen LogP contribution in [0.5, 0.6) is 0 Å². The number of carbonyl (C=O) groups excluding carboxylic acids is 1. The highest BCUT2D eigenvalue weighted by Gasteiger charge is 2.29. The van der Waals surface area contributed by atoms with E-state index >= 15 is 0 Å². The highest BCUT2D eigenvalue weighted by molar-refractivity contribution is 8.01. The van der Waals surface area contributed by atoms with Crippen molar-refractivity contribution in [3.8, 4) is 0 Å². The highest BCUT2D eigenvalue weighted by Crippen LogP contribution is 2.39. The number of nitrogens with two attached hydrogens (primary N) is 1. The lowest BCUT2D eigenvalue weighted by atomic mass is 10.4. The van der Waals surface area contributed by atoms with Gasteiger partial charge in [0.05, 0.1) is 15.7 Å². The second kappa shape index (κ2) is 5.41. The molecule has 3 N–H and O–H groups in total. The maximum absolute atomic E-state index is 11.8. The van der Waals surface area contributed by atoms with E-state index in [0.717, 1.165) is 22.7 Å². The van der Waals surface area contributed by atoms with Crippen molar-refractivity contribution in [1.82, 2.24) is 15.2 Å². The van der Waals surface area contributed by atoms with Crippen molar-refractivity contribution >= 4 is 40.2 Å². The number of nitrogen functional groups attached to an aromatic ring is 1. The molecule has 0 spiro atoms. The average molecular weight is 311 g/mol. The Morgan fingerprint density at radius 1 is 1.55 bits per heavy atom. The Labute approximate surface area is 123 Å². The predicted octanol–water partition coefficient (Wildman–Crippen LogP) is 2.02. The van der Waals surface area contributed by atoms with Crippen LogP contribution in [0, 0.1) is 6.92 Å². The Balaban J connectivity index is 1.52. The Morgan fingerprint density at radius 3 is 3.00 bits per heavy atom. The number of nitrogens with one attached hydrogen (secondary N) is 1. The summed E-state index contributed by atoms with van der Waals surface area (Å²) in [4.78, 5) is 15.9. The molecule has 0 aromatic carbocycles. The zero-order valence-corrected chi connectivity index (χ0v) is 12.4. The van der Waals surface area contributed by atoms with Crippen LogP contribution in [0.4, 0.5) is 11.1 Å². The molecule has 7 nitrogen and oxygen atoms in total. The number of nitrogens with zero attached hydrogens (tertiary/aromatic N) is 3. The number of amides is 1. The van der Waals surface area contributed by atoms with E-state index < -0.39 is 0 Å². The van der Waals surface area contributed by atoms with E-state index in [-0.39, 0.29) is 17.7 Å². The third-order valence-electron chi connectivity index (χ3n) is 2.72. The van der Waals surface area contributed by atoms with Gasteiger partial charge in [0.1, 0.15) is 0 Å². The van der Waals surface area contributed by atoms with E-state index in [1.807, 2.05) is 6.92 Å². The molecule has 0 saturated heterocycles. The number of anilines is 2. The fourth-order valence-electron chi connectivity index (χ4n) is 1.60. The van der Waals surface area contributed by atoms with E-state index in [1.54, 1.807) is 0 Å². The summed E-state index contributed by atoms with van der Waals surface area (Å²) in [5, 5.41) is 10.8. The van der Waals surface area contributed by atoms with Crippen LogP contribution in [0.3, 0.4) is 0 Å². The minimum atomic E-state index is -0.188. The number of thioether (sulfide) groups is 1. The second-order valence-corrected chi connectivity index (χ2v) is 6.76. The van der Waals surface area contributed by atoms with Crippen LogP contribution in [-0.4, -0.2) is 26.8 Å². The fourth-order valence-corrected chi connectivity index (χ4v) is 3.43. The van der Waals surface area contributed by atoms with Crippen LogP contribution in [0.1, 0.15) is 30.3 Å². The summed E-state index contributed by atoms with van der Waals surface area (Å²) in [7, 11) is 0. The molecule has 1 aliphatic carbocycles. The van der Waals surface area contributed by atoms with Gasteiger partial charge in [-0.1, -0.05) is 16.4 Å². The SMILES string of the molecule is Cc1nc(N)sc1SCC(=O)Nc1nnc(C2CC2)o1. The maximum atomic E-state index is 11.8. The molecule has 1 saturated carbocycles. The van der Waals surface area contributed by atoms with E-state index in [9.17, 15) is 4.79 Å². The number of rotatable bonds is 5. The standard InChI is InChI=1S/C11H13N5O2S2/c1-5-9(20-10(12)13-5)19-4-7(17)14-11-16-15-8(18-11)6-2-3-6/h6H,2-4H2,1H3,(H2,12,13)(H,14,16,17). The molecule has 0 atom stereocenters. The molecular weight excluding hydrogens is 298 g/mol. The number of aryl methyl sites for hydroxylation is 1. The van der Waals surface area contributed by atoms with Crippen molar-refractivity contribution in [2.24, 2.45) is 0 Å². The van der Waals surface area contributed by atoms with E-state index in [4.69, 9.17) is 10.2 Å². The number of hydrogen-bond donors (Lipinski definition) is 2. The molecule has 0 bridgehead atoms. The molecule has 106 valence electrons. The van der Waals surface area contributed by atoms with Gasteiger partial charge in [-0.15, -0.1) is 16.9 Å². The van der Waals surface area contributed by atoms with Gasteiger partial charge in [0.25, 0.3) is 0 Å². The minimum absolute atomic E-state index is 0.165. The molecule has 2 aromatic rings. The first-order chi connectivity index (χ1) is 9.61. The lowest BCUT2D eigenvalue weighted by molar-refractivity contribution is -0.113. The molecule has 2 heterocycles. The van der Waals surface area contributed by atoms with Gasteiger partial charge < -0.3 is 10.2 Å². The highest BCUT2D eigenvalue weighted by atomic mass is 32.2. The van der Waals surface area contributed by atoms with Crippen molar-refractivity contribution in [2.75, 3.05) is 16.8 Å². The zero-order valence-electron chi connectivity index (χ0n) is 10.8. The normalized spacial score (nSPS) is 14.4. The monoisotopic (exact) mass is 311 g/mol. The Kier molecular flexibility index (Phi) is 3.62. The summed E-state index contributed by atoms with van der Waals surface area (Å²) in [5.74, 6) is 1.06. The van der Waals surface area contributed by atoms with Gasteiger partial charge in [0, 0.05) is 5.92 Å². The summed E-state index contributed by atoms with van der Waals surface area (Å²) in [6.45, 7) is 1.87. The van der Waals surface area contributed by atoms with Crippen LogP contribution >= 0.6 is 23.1 Å². The van der Waals surface area contributed by atoms with Gasteiger partial charge >= 0.3 is 6.01 Å². The number of aromatic nitrogens is 3. The Morgan fingerprint density at radius 2 is 2.35 bits per heavy atom. The first kappa shape index (κ1) is 13.4. The van der Waals surface area contributed by atoms with E-state index in [1.165, 1.54) is 23.1 Å². The first-order valence-corrected chi connectivity index (χ1v) is 7.91. The molecule has 1 amide bonds. The molecule has 9 heteroatoms. The van der Waals surface area contributed by atoms with Gasteiger partial charge in [-0.3, -0.25) is 10.1 Å². The molecule has 3 rings (SSSR count). The smallest absolute Gasteiger partial charge is 0.322 e. The molecule has 0 radical (unpaired) electrons. The van der Waals surface area contributed by atoms with Crippen molar-refractivity contribution < 1.29 is 9.21 Å². The lowest BCUT2D eigenvalue weighted by Gasteiger charge is -1.99. The molecule has 1 fully saturated rings. The molecule has 1 aliphatic rings. The minimum Gasteiger partial charge on any atom is -0.408 e. The van der Waals surface area contributed by atoms with Gasteiger partial charge in [0.2, 0.25) is 11.8 Å². The third kappa shape index (κ3) is 3.10. The number of carbonyl (C=O) groups is 1. The first-order valence-electron chi connectivity index (χ1n) is 6.11. The fraction of sp³-hybridized carbons (Fsp3) is 0.455. The Bertz CT molecular complexity index is 635. The molecule has 2 aromatic heterocycles. The van der Waals surface area contributed by atoms with E-state index in [2.05, 4.69) is 20.5 Å². The van der Waals surface area contributed by atoms with Crippen molar-refractivity contribution in [3.63, 3.8) is 0 Å². The number of thiazole rings is 1. The summed E-state index contributed by atoms with van der Waals surface area (Å²) < 4.78 is 6.31. The van der Waals surface area contributed by atoms with Crippen molar-refractivity contribution in [3.05, 3.63) is 11.6 Å². The summed E-state index contributed by atoms with van der Waals surface area (Å²) in [6.07, 6.45) is 2.16. The van der Waals surface area contributed by atoms with Crippen molar-refractivity contribution in [2.45, 2.75) is 29.9 Å². The second-order valence-electron chi connectivity index (χ2n) is 4.48. The molecule has 0 aliphatic heterocycles. The van der Waals surface area contributed by atoms with Gasteiger partial charge in [-0.05, 0) is 19.8 Å². The third-order valence-corrected chi connectivity index (χ3v) is 5.07. The molecule has 0 unspecified atom stereocenters. The summed E-state index contributed by atoms with van der Waals surface area (Å²) >= 11 is 2.77. The Hall–Kier alpha value is -1.61. The van der Waals surface area contributed by atoms with Crippen LogP contribution < -0.4 is 11.1 Å². The van der Waals surface area contributed by atoms with Crippen LogP contribution in [-0.2, 0) is 4.79 Å². The number of hydrogen-bond acceptors (Lipinski definition) is 8. The topological polar surface area (TPSA) is 107 Å². The molecular formula is C11H13N5O2S2. The zero-order chi connectivity index (χ0) is 14.1. The van der Waals surface area contributed by atoms with E-state index in [0.29, 0.717) is 16.9 Å². The largest absolute Gasteiger partial charge is 0.408 e. The summed E-state index contributed by atoms with van der Waals surface area (Å²) in [6, 6.07) is 0.165. The molecule has 20 heavy (non-hydrogen) atoms. The quantitative estimate of drug-likeness (QED) is 0.813. The van der Waals surface area contributed by atoms with Crippen LogP contribution in [0.2, 0.25) is 0 Å². The average Bonchev–Trinajstić information content (AvgIpc) is 3.06.